The van der Waals surface area contributed by atoms with Crippen molar-refractivity contribution < 1.29 is 23.7 Å². The molecular formula is C19H20N4O5. The van der Waals surface area contributed by atoms with E-state index in [2.05, 4.69) is 16.3 Å². The number of allylic oxidation sites excluding steroid dienone is 1. The Morgan fingerprint density at radius 1 is 1.36 bits per heavy atom. The molecular weight excluding hydrogens is 364 g/mol. The second kappa shape index (κ2) is 7.52. The van der Waals surface area contributed by atoms with Crippen LogP contribution in [0.4, 0.5) is 0 Å². The summed E-state index contributed by atoms with van der Waals surface area (Å²) in [5.41, 5.74) is 8.41. The Bertz CT molecular complexity index is 977. The van der Waals surface area contributed by atoms with Gasteiger partial charge in [-0.05, 0) is 24.1 Å². The Morgan fingerprint density at radius 3 is 2.50 bits per heavy atom. The summed E-state index contributed by atoms with van der Waals surface area (Å²) in [6, 6.07) is 5.48. The highest BCUT2D eigenvalue weighted by molar-refractivity contribution is 5.73. The number of methoxy groups -OCH3 is 2. The van der Waals surface area contributed by atoms with Crippen molar-refractivity contribution in [1.82, 2.24) is 10.2 Å². The number of hydrogen-bond acceptors (Lipinski definition) is 8. The number of H-pyrrole nitrogens is 1. The van der Waals surface area contributed by atoms with Crippen LogP contribution < -0.4 is 24.7 Å². The minimum absolute atomic E-state index is 0.0175. The normalized spacial score (nSPS) is 15.3. The molecule has 1 aromatic heterocycles. The molecule has 0 radical (unpaired) electrons. The van der Waals surface area contributed by atoms with Crippen molar-refractivity contribution in [3.63, 3.8) is 0 Å². The van der Waals surface area contributed by atoms with E-state index in [0.717, 1.165) is 11.3 Å². The van der Waals surface area contributed by atoms with E-state index in [1.54, 1.807) is 12.1 Å². The maximum absolute atomic E-state index is 11.5. The number of nitriles is 1. The van der Waals surface area contributed by atoms with Crippen molar-refractivity contribution in [1.29, 1.82) is 5.26 Å². The molecule has 2 heterocycles. The van der Waals surface area contributed by atoms with Gasteiger partial charge in [-0.25, -0.2) is 0 Å². The van der Waals surface area contributed by atoms with E-state index in [1.165, 1.54) is 21.1 Å². The molecule has 0 fully saturated rings. The summed E-state index contributed by atoms with van der Waals surface area (Å²) >= 11 is 0. The topological polar surface area (TPSA) is 132 Å². The zero-order valence-electron chi connectivity index (χ0n) is 16.0. The smallest absolute Gasteiger partial charge is 0.308 e. The summed E-state index contributed by atoms with van der Waals surface area (Å²) in [5.74, 6) is -0.0207. The number of nitrogens with one attached hydrogen (secondary N) is 1. The van der Waals surface area contributed by atoms with Gasteiger partial charge in [0.1, 0.15) is 11.6 Å². The highest BCUT2D eigenvalue weighted by Gasteiger charge is 2.36. The van der Waals surface area contributed by atoms with E-state index < -0.39 is 11.9 Å². The Hall–Kier alpha value is -3.67. The summed E-state index contributed by atoms with van der Waals surface area (Å²) < 4.78 is 21.6. The van der Waals surface area contributed by atoms with Crippen LogP contribution in [0.15, 0.2) is 23.6 Å². The summed E-state index contributed by atoms with van der Waals surface area (Å²) in [5, 5.41) is 16.8. The van der Waals surface area contributed by atoms with E-state index in [-0.39, 0.29) is 28.7 Å². The zero-order chi connectivity index (χ0) is 20.4. The van der Waals surface area contributed by atoms with Gasteiger partial charge < -0.3 is 24.7 Å². The number of nitrogens with two attached hydrogens (primary N) is 1. The lowest BCUT2D eigenvalue weighted by atomic mass is 9.83. The Balaban J connectivity index is 2.26. The molecule has 0 aliphatic carbocycles. The van der Waals surface area contributed by atoms with Crippen molar-refractivity contribution in [3.8, 4) is 29.2 Å². The third-order valence-corrected chi connectivity index (χ3v) is 4.43. The molecule has 0 amide bonds. The number of rotatable bonds is 5. The number of fused-ring (bicyclic) bond motifs is 1. The standard InChI is InChI=1S/C19H20N4O5/c1-5-12-16-15(11(8-20)18(21)28-19(16)23-22-12)10-6-13(25-3)17(27-9(2)24)14(7-10)26-4/h6-7,15H,5,21H2,1-4H3,(H,22,23). The highest BCUT2D eigenvalue weighted by Crippen LogP contribution is 2.47. The maximum atomic E-state index is 11.5. The van der Waals surface area contributed by atoms with E-state index in [4.69, 9.17) is 24.7 Å². The summed E-state index contributed by atoms with van der Waals surface area (Å²) in [7, 11) is 2.90. The number of carbonyl (C=O) groups excluding carboxylic acids is 1. The van der Waals surface area contributed by atoms with Crippen LogP contribution in [0.1, 0.15) is 36.6 Å². The molecule has 1 aliphatic heterocycles. The quantitative estimate of drug-likeness (QED) is 0.592. The van der Waals surface area contributed by atoms with E-state index in [9.17, 15) is 10.1 Å². The van der Waals surface area contributed by atoms with Crippen molar-refractivity contribution in [2.45, 2.75) is 26.2 Å². The number of hydrogen-bond donors (Lipinski definition) is 2. The van der Waals surface area contributed by atoms with E-state index >= 15 is 0 Å². The number of nitrogens with zero attached hydrogens (tertiary/aromatic N) is 2. The highest BCUT2D eigenvalue weighted by atomic mass is 16.6. The first-order valence-corrected chi connectivity index (χ1v) is 8.54. The molecule has 1 atom stereocenters. The van der Waals surface area contributed by atoms with Gasteiger partial charge >= 0.3 is 5.97 Å². The minimum Gasteiger partial charge on any atom is -0.493 e. The fourth-order valence-corrected chi connectivity index (χ4v) is 3.22. The fraction of sp³-hybridized carbons (Fsp3) is 0.316. The SMILES string of the molecule is CCc1[nH]nc2c1C(c1cc(OC)c(OC(C)=O)c(OC)c1)C(C#N)=C(N)O2. The summed E-state index contributed by atoms with van der Waals surface area (Å²) in [6.07, 6.45) is 0.653. The first kappa shape index (κ1) is 19.1. The molecule has 0 spiro atoms. The number of aromatic amines is 1. The Morgan fingerprint density at radius 2 is 2.00 bits per heavy atom. The number of carbonyl (C=O) groups is 1. The molecule has 3 rings (SSSR count). The largest absolute Gasteiger partial charge is 0.493 e. The molecule has 0 saturated heterocycles. The molecule has 2 aromatic rings. The van der Waals surface area contributed by atoms with E-state index in [0.29, 0.717) is 17.9 Å². The van der Waals surface area contributed by atoms with Crippen LogP contribution in [0, 0.1) is 11.3 Å². The van der Waals surface area contributed by atoms with Gasteiger partial charge in [0.2, 0.25) is 17.5 Å². The van der Waals surface area contributed by atoms with Crippen LogP contribution in [-0.4, -0.2) is 30.4 Å². The first-order chi connectivity index (χ1) is 13.4. The molecule has 9 nitrogen and oxygen atoms in total. The van der Waals surface area contributed by atoms with Crippen LogP contribution in [0.3, 0.4) is 0 Å². The van der Waals surface area contributed by atoms with Crippen LogP contribution >= 0.6 is 0 Å². The Kier molecular flexibility index (Phi) is 5.13. The minimum atomic E-state index is -0.545. The van der Waals surface area contributed by atoms with Crippen molar-refractivity contribution in [2.24, 2.45) is 5.73 Å². The zero-order valence-corrected chi connectivity index (χ0v) is 16.0. The van der Waals surface area contributed by atoms with Gasteiger partial charge in [-0.3, -0.25) is 9.89 Å². The molecule has 146 valence electrons. The van der Waals surface area contributed by atoms with Crippen molar-refractivity contribution >= 4 is 5.97 Å². The average Bonchev–Trinajstić information content (AvgIpc) is 3.08. The van der Waals surface area contributed by atoms with E-state index in [1.807, 2.05) is 6.92 Å². The molecule has 0 bridgehead atoms. The van der Waals surface area contributed by atoms with Crippen LogP contribution in [-0.2, 0) is 11.2 Å². The molecule has 1 aromatic carbocycles. The van der Waals surface area contributed by atoms with Crippen molar-refractivity contribution in [2.75, 3.05) is 14.2 Å². The van der Waals surface area contributed by atoms with Crippen LogP contribution in [0.25, 0.3) is 0 Å². The summed E-state index contributed by atoms with van der Waals surface area (Å²) in [4.78, 5) is 11.5. The van der Waals surface area contributed by atoms with Gasteiger partial charge in [0.25, 0.3) is 0 Å². The lowest BCUT2D eigenvalue weighted by Gasteiger charge is -2.25. The average molecular weight is 384 g/mol. The second-order valence-corrected chi connectivity index (χ2v) is 6.05. The van der Waals surface area contributed by atoms with Crippen LogP contribution in [0.5, 0.6) is 23.1 Å². The lowest BCUT2D eigenvalue weighted by molar-refractivity contribution is -0.132. The summed E-state index contributed by atoms with van der Waals surface area (Å²) in [6.45, 7) is 3.25. The first-order valence-electron chi connectivity index (χ1n) is 8.54. The third-order valence-electron chi connectivity index (χ3n) is 4.43. The number of ether oxygens (including phenoxy) is 4. The lowest BCUT2D eigenvalue weighted by Crippen LogP contribution is -2.21. The number of aromatic nitrogens is 2. The third kappa shape index (κ3) is 3.09. The number of benzene rings is 1. The van der Waals surface area contributed by atoms with Gasteiger partial charge in [0.05, 0.1) is 20.1 Å². The molecule has 28 heavy (non-hydrogen) atoms. The second-order valence-electron chi connectivity index (χ2n) is 6.05. The number of esters is 1. The Labute approximate surface area is 161 Å². The van der Waals surface area contributed by atoms with Gasteiger partial charge in [-0.2, -0.15) is 5.26 Å². The molecule has 1 unspecified atom stereocenters. The predicted octanol–water partition coefficient (Wildman–Crippen LogP) is 2.13. The predicted molar refractivity (Wildman–Crippen MR) is 98.1 cm³/mol. The molecule has 1 aliphatic rings. The number of aryl methyl sites for hydroxylation is 1. The maximum Gasteiger partial charge on any atom is 0.308 e. The van der Waals surface area contributed by atoms with Gasteiger partial charge in [0.15, 0.2) is 11.5 Å². The van der Waals surface area contributed by atoms with Crippen molar-refractivity contribution in [3.05, 3.63) is 40.4 Å². The van der Waals surface area contributed by atoms with Gasteiger partial charge in [-0.1, -0.05) is 6.92 Å². The van der Waals surface area contributed by atoms with Gasteiger partial charge in [-0.15, -0.1) is 5.10 Å². The molecule has 3 N–H and O–H groups in total. The molecule has 9 heteroatoms. The molecule has 0 saturated carbocycles. The fourth-order valence-electron chi connectivity index (χ4n) is 3.22. The monoisotopic (exact) mass is 384 g/mol. The van der Waals surface area contributed by atoms with Crippen LogP contribution in [0.2, 0.25) is 0 Å². The van der Waals surface area contributed by atoms with Gasteiger partial charge in [0, 0.05) is 18.2 Å².